The van der Waals surface area contributed by atoms with Crippen LogP contribution in [0.2, 0.25) is 0 Å². The topological polar surface area (TPSA) is 93.3 Å². The van der Waals surface area contributed by atoms with Crippen LogP contribution < -0.4 is 15.8 Å². The predicted octanol–water partition coefficient (Wildman–Crippen LogP) is 2.69. The Morgan fingerprint density at radius 3 is 2.72 bits per heavy atom. The molecule has 4 N–H and O–H groups in total. The van der Waals surface area contributed by atoms with Crippen molar-refractivity contribution in [1.82, 2.24) is 15.3 Å². The zero-order valence-corrected chi connectivity index (χ0v) is 14.2. The predicted molar refractivity (Wildman–Crippen MR) is 96.6 cm³/mol. The molecule has 2 heterocycles. The van der Waals surface area contributed by atoms with Crippen LogP contribution in [0.25, 0.3) is 11.3 Å². The van der Waals surface area contributed by atoms with Crippen molar-refractivity contribution in [2.24, 2.45) is 5.92 Å². The Bertz CT molecular complexity index is 755. The third-order valence-corrected chi connectivity index (χ3v) is 4.95. The van der Waals surface area contributed by atoms with Crippen LogP contribution in [0, 0.1) is 5.92 Å². The van der Waals surface area contributed by atoms with Crippen LogP contribution in [0.5, 0.6) is 11.5 Å². The highest BCUT2D eigenvalue weighted by atomic mass is 16.5. The van der Waals surface area contributed by atoms with Crippen molar-refractivity contribution in [2.45, 2.75) is 31.6 Å². The van der Waals surface area contributed by atoms with E-state index in [4.69, 9.17) is 10.5 Å². The number of phenols is 1. The van der Waals surface area contributed by atoms with E-state index in [0.29, 0.717) is 35.4 Å². The molecule has 132 valence electrons. The highest BCUT2D eigenvalue weighted by molar-refractivity contribution is 5.74. The molecule has 1 aromatic heterocycles. The van der Waals surface area contributed by atoms with Gasteiger partial charge in [0, 0.05) is 11.6 Å². The van der Waals surface area contributed by atoms with Crippen molar-refractivity contribution in [3.05, 3.63) is 30.0 Å². The van der Waals surface area contributed by atoms with E-state index in [9.17, 15) is 5.11 Å². The summed E-state index contributed by atoms with van der Waals surface area (Å²) in [7, 11) is 0. The largest absolute Gasteiger partial charge is 0.507 e. The molecule has 1 aliphatic carbocycles. The van der Waals surface area contributed by atoms with Gasteiger partial charge in [-0.1, -0.05) is 6.07 Å². The lowest BCUT2D eigenvalue weighted by Crippen LogP contribution is -2.27. The maximum absolute atomic E-state index is 10.4. The fourth-order valence-electron chi connectivity index (χ4n) is 3.33. The third-order valence-electron chi connectivity index (χ3n) is 4.95. The second-order valence-corrected chi connectivity index (χ2v) is 6.97. The van der Waals surface area contributed by atoms with Crippen LogP contribution >= 0.6 is 0 Å². The van der Waals surface area contributed by atoms with Gasteiger partial charge >= 0.3 is 0 Å². The van der Waals surface area contributed by atoms with Gasteiger partial charge in [-0.05, 0) is 62.9 Å². The molecule has 1 saturated carbocycles. The molecule has 1 saturated heterocycles. The Hall–Kier alpha value is -2.34. The van der Waals surface area contributed by atoms with Gasteiger partial charge in [-0.2, -0.15) is 0 Å². The van der Waals surface area contributed by atoms with Crippen LogP contribution in [0.4, 0.5) is 5.95 Å². The number of piperidine rings is 1. The van der Waals surface area contributed by atoms with E-state index < -0.39 is 0 Å². The van der Waals surface area contributed by atoms with Gasteiger partial charge in [0.25, 0.3) is 0 Å². The normalized spacial score (nSPS) is 18.2. The van der Waals surface area contributed by atoms with Crippen molar-refractivity contribution < 1.29 is 9.84 Å². The van der Waals surface area contributed by atoms with Gasteiger partial charge in [-0.15, -0.1) is 0 Å². The van der Waals surface area contributed by atoms with Crippen molar-refractivity contribution in [3.63, 3.8) is 0 Å². The zero-order chi connectivity index (χ0) is 17.2. The summed E-state index contributed by atoms with van der Waals surface area (Å²) >= 11 is 0. The molecular weight excluding hydrogens is 316 g/mol. The number of hydrogen-bond acceptors (Lipinski definition) is 6. The van der Waals surface area contributed by atoms with E-state index in [0.717, 1.165) is 31.6 Å². The number of hydrogen-bond donors (Lipinski definition) is 3. The molecule has 0 unspecified atom stereocenters. The Balaban J connectivity index is 1.69. The summed E-state index contributed by atoms with van der Waals surface area (Å²) in [5.41, 5.74) is 8.15. The number of nitrogens with zero attached hydrogens (tertiary/aromatic N) is 2. The number of nitrogens with two attached hydrogens (primary N) is 1. The number of aromatic nitrogens is 2. The maximum Gasteiger partial charge on any atom is 0.220 e. The first-order chi connectivity index (χ1) is 12.2. The van der Waals surface area contributed by atoms with Crippen molar-refractivity contribution in [2.75, 3.05) is 25.4 Å². The van der Waals surface area contributed by atoms with E-state index in [-0.39, 0.29) is 11.7 Å². The molecule has 2 aliphatic rings. The first kappa shape index (κ1) is 16.1. The third kappa shape index (κ3) is 3.69. The van der Waals surface area contributed by atoms with Crippen LogP contribution in [-0.2, 0) is 0 Å². The number of benzene rings is 1. The molecule has 6 nitrogen and oxygen atoms in total. The molecule has 2 aromatic rings. The summed E-state index contributed by atoms with van der Waals surface area (Å²) in [5.74, 6) is 2.05. The zero-order valence-electron chi connectivity index (χ0n) is 14.2. The average Bonchev–Trinajstić information content (AvgIpc) is 3.44. The summed E-state index contributed by atoms with van der Waals surface area (Å²) in [6.07, 6.45) is 4.49. The van der Waals surface area contributed by atoms with Gasteiger partial charge in [-0.25, -0.2) is 9.97 Å². The minimum Gasteiger partial charge on any atom is -0.507 e. The smallest absolute Gasteiger partial charge is 0.220 e. The number of ether oxygens (including phenoxy) is 1. The maximum atomic E-state index is 10.4. The average molecular weight is 340 g/mol. The molecule has 0 radical (unpaired) electrons. The lowest BCUT2D eigenvalue weighted by molar-refractivity contribution is 0.299. The fourth-order valence-corrected chi connectivity index (χ4v) is 3.33. The van der Waals surface area contributed by atoms with E-state index >= 15 is 0 Å². The number of anilines is 1. The number of phenolic OH excluding ortho intramolecular Hbond substituents is 1. The van der Waals surface area contributed by atoms with Gasteiger partial charge in [0.2, 0.25) is 5.95 Å². The molecule has 6 heteroatoms. The molecule has 4 rings (SSSR count). The van der Waals surface area contributed by atoms with Gasteiger partial charge in [0.1, 0.15) is 11.5 Å². The first-order valence-corrected chi connectivity index (χ1v) is 9.01. The standard InChI is InChI=1S/C19H24N4O2/c20-19-22-14(13-6-8-21-9-7-13)10-15(23-19)18-16(24)2-1-3-17(18)25-11-12-4-5-12/h1-3,10,12-13,21,24H,4-9,11H2,(H2,20,22,23). The molecule has 0 bridgehead atoms. The number of nitrogen functional groups attached to an aromatic ring is 1. The second-order valence-electron chi connectivity index (χ2n) is 6.97. The molecule has 1 aliphatic heterocycles. The summed E-state index contributed by atoms with van der Waals surface area (Å²) in [5, 5.41) is 13.8. The summed E-state index contributed by atoms with van der Waals surface area (Å²) in [6, 6.07) is 7.27. The lowest BCUT2D eigenvalue weighted by atomic mass is 9.93. The van der Waals surface area contributed by atoms with Gasteiger partial charge in [0.05, 0.1) is 17.9 Å². The molecule has 0 spiro atoms. The summed E-state index contributed by atoms with van der Waals surface area (Å²) in [4.78, 5) is 8.82. The van der Waals surface area contributed by atoms with E-state index in [1.54, 1.807) is 12.1 Å². The Labute approximate surface area is 147 Å². The minimum atomic E-state index is 0.155. The van der Waals surface area contributed by atoms with Crippen molar-refractivity contribution in [3.8, 4) is 22.8 Å². The Morgan fingerprint density at radius 2 is 1.96 bits per heavy atom. The van der Waals surface area contributed by atoms with Gasteiger partial charge < -0.3 is 20.9 Å². The molecule has 0 atom stereocenters. The summed E-state index contributed by atoms with van der Waals surface area (Å²) < 4.78 is 5.95. The highest BCUT2D eigenvalue weighted by Crippen LogP contribution is 2.39. The SMILES string of the molecule is Nc1nc(-c2c(O)cccc2OCC2CC2)cc(C2CCNCC2)n1. The number of aromatic hydroxyl groups is 1. The lowest BCUT2D eigenvalue weighted by Gasteiger charge is -2.22. The Morgan fingerprint density at radius 1 is 1.16 bits per heavy atom. The quantitative estimate of drug-likeness (QED) is 0.775. The summed E-state index contributed by atoms with van der Waals surface area (Å²) in [6.45, 7) is 2.64. The van der Waals surface area contributed by atoms with Crippen LogP contribution in [0.15, 0.2) is 24.3 Å². The highest BCUT2D eigenvalue weighted by Gasteiger charge is 2.24. The van der Waals surface area contributed by atoms with E-state index in [1.807, 2.05) is 12.1 Å². The van der Waals surface area contributed by atoms with Crippen molar-refractivity contribution in [1.29, 1.82) is 0 Å². The molecule has 25 heavy (non-hydrogen) atoms. The molecule has 2 fully saturated rings. The van der Waals surface area contributed by atoms with Crippen LogP contribution in [-0.4, -0.2) is 34.8 Å². The van der Waals surface area contributed by atoms with Crippen LogP contribution in [0.3, 0.4) is 0 Å². The molecule has 0 amide bonds. The first-order valence-electron chi connectivity index (χ1n) is 9.01. The number of rotatable bonds is 5. The Kier molecular flexibility index (Phi) is 4.44. The fraction of sp³-hybridized carbons (Fsp3) is 0.474. The van der Waals surface area contributed by atoms with Gasteiger partial charge in [0.15, 0.2) is 0 Å². The number of nitrogens with one attached hydrogen (secondary N) is 1. The van der Waals surface area contributed by atoms with E-state index in [2.05, 4.69) is 15.3 Å². The van der Waals surface area contributed by atoms with Gasteiger partial charge in [-0.3, -0.25) is 0 Å². The monoisotopic (exact) mass is 340 g/mol. The van der Waals surface area contributed by atoms with Crippen LogP contribution in [0.1, 0.15) is 37.3 Å². The molecular formula is C19H24N4O2. The van der Waals surface area contributed by atoms with E-state index in [1.165, 1.54) is 12.8 Å². The second kappa shape index (κ2) is 6.88. The van der Waals surface area contributed by atoms with Crippen molar-refractivity contribution >= 4 is 5.95 Å². The minimum absolute atomic E-state index is 0.155. The molecule has 1 aromatic carbocycles.